The van der Waals surface area contributed by atoms with E-state index in [0.29, 0.717) is 40.5 Å². The number of allylic oxidation sites excluding steroid dienone is 3. The molecule has 3 aliphatic rings. The van der Waals surface area contributed by atoms with Gasteiger partial charge in [-0.2, -0.15) is 5.26 Å². The molecule has 0 aromatic heterocycles. The number of amides is 1. The fourth-order valence-corrected chi connectivity index (χ4v) is 6.35. The largest absolute Gasteiger partial charge is 0.374 e. The van der Waals surface area contributed by atoms with Gasteiger partial charge in [0.05, 0.1) is 40.2 Å². The van der Waals surface area contributed by atoms with Gasteiger partial charge in [0, 0.05) is 31.9 Å². The lowest BCUT2D eigenvalue weighted by Gasteiger charge is -2.35. The molecule has 180 valence electrons. The molecule has 2 aliphatic heterocycles. The summed E-state index contributed by atoms with van der Waals surface area (Å²) < 4.78 is 5.92. The van der Waals surface area contributed by atoms with Crippen molar-refractivity contribution in [2.75, 3.05) is 38.5 Å². The van der Waals surface area contributed by atoms with Crippen molar-refractivity contribution in [1.29, 1.82) is 5.26 Å². The summed E-state index contributed by atoms with van der Waals surface area (Å²) in [4.78, 5) is 14.8. The lowest BCUT2D eigenvalue weighted by Crippen LogP contribution is -2.48. The predicted octanol–water partition coefficient (Wildman–Crippen LogP) is 4.29. The number of rotatable bonds is 8. The lowest BCUT2D eigenvalue weighted by molar-refractivity contribution is -0.119. The van der Waals surface area contributed by atoms with E-state index in [9.17, 15) is 4.79 Å². The van der Waals surface area contributed by atoms with Gasteiger partial charge < -0.3 is 15.4 Å². The van der Waals surface area contributed by atoms with Gasteiger partial charge in [-0.15, -0.1) is 11.8 Å². The Bertz CT molecular complexity index is 1040. The van der Waals surface area contributed by atoms with E-state index in [0.717, 1.165) is 37.3 Å². The minimum atomic E-state index is -0.0236. The molecule has 1 amide bonds. The number of morpholine rings is 1. The van der Waals surface area contributed by atoms with Crippen molar-refractivity contribution in [2.45, 2.75) is 17.2 Å². The maximum Gasteiger partial charge on any atom is 0.230 e. The molecule has 2 N–H and O–H groups in total. The zero-order valence-corrected chi connectivity index (χ0v) is 21.7. The van der Waals surface area contributed by atoms with Gasteiger partial charge in [0.2, 0.25) is 5.91 Å². The molecule has 0 bridgehead atoms. The van der Waals surface area contributed by atoms with Crippen LogP contribution in [0.3, 0.4) is 0 Å². The van der Waals surface area contributed by atoms with Crippen molar-refractivity contribution >= 4 is 58.3 Å². The van der Waals surface area contributed by atoms with Crippen molar-refractivity contribution < 1.29 is 9.53 Å². The zero-order valence-electron chi connectivity index (χ0n) is 18.5. The van der Waals surface area contributed by atoms with Crippen LogP contribution in [-0.4, -0.2) is 60.2 Å². The highest BCUT2D eigenvalue weighted by atomic mass is 35.5. The Morgan fingerprint density at radius 1 is 1.38 bits per heavy atom. The molecule has 10 heteroatoms. The van der Waals surface area contributed by atoms with Crippen LogP contribution in [0.25, 0.3) is 5.70 Å². The number of hydrogen-bond donors (Lipinski definition) is 2. The van der Waals surface area contributed by atoms with E-state index in [2.05, 4.69) is 21.6 Å². The standard InChI is InChI=1S/C24H26Cl2N4O2S2/c25-20-5-4-17(9-21(20)26)12-30-6-7-32-19(13-30)11-28-23(31)15-34-24-29-22(14-33-24)18-3-1-2-16(8-18)10-27/h1-3,5,8-9,14,17,19,24,29H,4,6-7,11-13,15H2,(H,28,31)/t17?,19-,24?/m0/s1. The minimum Gasteiger partial charge on any atom is -0.374 e. The van der Waals surface area contributed by atoms with E-state index in [4.69, 9.17) is 33.2 Å². The van der Waals surface area contributed by atoms with Crippen LogP contribution in [0.2, 0.25) is 0 Å². The van der Waals surface area contributed by atoms with Gasteiger partial charge in [0.25, 0.3) is 0 Å². The summed E-state index contributed by atoms with van der Waals surface area (Å²) in [6.45, 7) is 3.70. The van der Waals surface area contributed by atoms with Gasteiger partial charge >= 0.3 is 0 Å². The highest BCUT2D eigenvalue weighted by molar-refractivity contribution is 8.18. The molecule has 2 unspecified atom stereocenters. The molecule has 34 heavy (non-hydrogen) atoms. The fourth-order valence-electron chi connectivity index (χ4n) is 3.98. The Balaban J connectivity index is 1.14. The molecule has 2 heterocycles. The first-order chi connectivity index (χ1) is 16.5. The molecule has 1 saturated heterocycles. The third kappa shape index (κ3) is 7.20. The fraction of sp³-hybridized carbons (Fsp3) is 0.417. The molecule has 3 atom stereocenters. The van der Waals surface area contributed by atoms with Crippen LogP contribution in [0.5, 0.6) is 0 Å². The zero-order chi connectivity index (χ0) is 23.9. The molecule has 6 nitrogen and oxygen atoms in total. The molecule has 0 radical (unpaired) electrons. The molecular weight excluding hydrogens is 511 g/mol. The Morgan fingerprint density at radius 3 is 3.09 bits per heavy atom. The highest BCUT2D eigenvalue weighted by Gasteiger charge is 2.24. The summed E-state index contributed by atoms with van der Waals surface area (Å²) in [5.74, 6) is 0.700. The topological polar surface area (TPSA) is 77.4 Å². The molecular formula is C24H26Cl2N4O2S2. The van der Waals surface area contributed by atoms with E-state index >= 15 is 0 Å². The quantitative estimate of drug-likeness (QED) is 0.512. The average molecular weight is 538 g/mol. The van der Waals surface area contributed by atoms with Crippen molar-refractivity contribution in [3.05, 3.63) is 63.0 Å². The van der Waals surface area contributed by atoms with Crippen LogP contribution in [0.15, 0.2) is 51.9 Å². The molecule has 1 aromatic rings. The van der Waals surface area contributed by atoms with Crippen molar-refractivity contribution in [2.24, 2.45) is 5.92 Å². The Morgan fingerprint density at radius 2 is 2.26 bits per heavy atom. The number of hydrogen-bond acceptors (Lipinski definition) is 7. The number of benzene rings is 1. The van der Waals surface area contributed by atoms with Gasteiger partial charge in [-0.1, -0.05) is 59.2 Å². The normalized spacial score (nSPS) is 25.0. The number of nitriles is 1. The first-order valence-electron chi connectivity index (χ1n) is 11.1. The number of carbonyl (C=O) groups excluding carboxylic acids is 1. The van der Waals surface area contributed by atoms with Gasteiger partial charge in [0.1, 0.15) is 4.71 Å². The van der Waals surface area contributed by atoms with E-state index in [1.54, 1.807) is 29.6 Å². The van der Waals surface area contributed by atoms with Gasteiger partial charge in [-0.05, 0) is 35.4 Å². The summed E-state index contributed by atoms with van der Waals surface area (Å²) in [5, 5.41) is 18.8. The Kier molecular flexibility index (Phi) is 9.29. The Labute approximate surface area is 218 Å². The van der Waals surface area contributed by atoms with Gasteiger partial charge in [-0.3, -0.25) is 9.69 Å². The van der Waals surface area contributed by atoms with E-state index < -0.39 is 0 Å². The van der Waals surface area contributed by atoms with E-state index in [1.165, 1.54) is 0 Å². The molecule has 1 aliphatic carbocycles. The number of nitrogens with one attached hydrogen (secondary N) is 2. The monoisotopic (exact) mass is 536 g/mol. The second-order valence-corrected chi connectivity index (χ2v) is 11.5. The Hall–Kier alpha value is -1.60. The summed E-state index contributed by atoms with van der Waals surface area (Å²) in [5.41, 5.74) is 2.58. The molecule has 1 fully saturated rings. The number of thioether (sulfide) groups is 2. The number of nitrogens with zero attached hydrogens (tertiary/aromatic N) is 2. The maximum absolute atomic E-state index is 12.4. The second-order valence-electron chi connectivity index (χ2n) is 8.27. The molecule has 0 spiro atoms. The third-order valence-corrected chi connectivity index (χ3v) is 8.82. The summed E-state index contributed by atoms with van der Waals surface area (Å²) >= 11 is 15.4. The number of ether oxygens (including phenoxy) is 1. The average Bonchev–Trinajstić information content (AvgIpc) is 3.33. The summed E-state index contributed by atoms with van der Waals surface area (Å²) in [6, 6.07) is 9.65. The smallest absolute Gasteiger partial charge is 0.230 e. The van der Waals surface area contributed by atoms with Gasteiger partial charge in [-0.25, -0.2) is 0 Å². The van der Waals surface area contributed by atoms with Crippen molar-refractivity contribution in [3.63, 3.8) is 0 Å². The van der Waals surface area contributed by atoms with Gasteiger partial charge in [0.15, 0.2) is 0 Å². The third-order valence-electron chi connectivity index (χ3n) is 5.70. The molecule has 1 aromatic carbocycles. The van der Waals surface area contributed by atoms with Crippen molar-refractivity contribution in [3.8, 4) is 6.07 Å². The first-order valence-corrected chi connectivity index (χ1v) is 13.8. The number of halogens is 2. The van der Waals surface area contributed by atoms with Crippen LogP contribution >= 0.6 is 46.7 Å². The van der Waals surface area contributed by atoms with Crippen LogP contribution in [0.1, 0.15) is 17.5 Å². The highest BCUT2D eigenvalue weighted by Crippen LogP contribution is 2.33. The van der Waals surface area contributed by atoms with Crippen molar-refractivity contribution in [1.82, 2.24) is 15.5 Å². The van der Waals surface area contributed by atoms with Crippen LogP contribution in [0.4, 0.5) is 0 Å². The van der Waals surface area contributed by atoms with E-state index in [-0.39, 0.29) is 16.7 Å². The van der Waals surface area contributed by atoms with Crippen LogP contribution in [0, 0.1) is 17.2 Å². The predicted molar refractivity (Wildman–Crippen MR) is 141 cm³/mol. The lowest BCUT2D eigenvalue weighted by atomic mass is 9.99. The first kappa shape index (κ1) is 25.5. The summed E-state index contributed by atoms with van der Waals surface area (Å²) in [6.07, 6.45) is 4.87. The number of carbonyl (C=O) groups is 1. The maximum atomic E-state index is 12.4. The van der Waals surface area contributed by atoms with Crippen LogP contribution < -0.4 is 10.6 Å². The molecule has 4 rings (SSSR count). The second kappa shape index (κ2) is 12.4. The minimum absolute atomic E-state index is 0.00479. The van der Waals surface area contributed by atoms with E-state index in [1.807, 2.05) is 35.8 Å². The summed E-state index contributed by atoms with van der Waals surface area (Å²) in [7, 11) is 0. The van der Waals surface area contributed by atoms with Crippen LogP contribution in [-0.2, 0) is 9.53 Å². The molecule has 0 saturated carbocycles. The SMILES string of the molecule is N#Cc1cccc(C2=CSC(SCC(=O)NC[C@H]3CN(CC4C=C(Cl)C(Cl)=CC4)CCO3)N2)c1.